The Bertz CT molecular complexity index is 1180. The van der Waals surface area contributed by atoms with Crippen LogP contribution in [-0.4, -0.2) is 46.5 Å². The lowest BCUT2D eigenvalue weighted by Gasteiger charge is -2.37. The van der Waals surface area contributed by atoms with Crippen LogP contribution >= 0.6 is 0 Å². The van der Waals surface area contributed by atoms with E-state index >= 15 is 0 Å². The van der Waals surface area contributed by atoms with Gasteiger partial charge in [-0.1, -0.05) is 25.1 Å². The molecular weight excluding hydrogens is 421 g/mol. The van der Waals surface area contributed by atoms with Crippen molar-refractivity contribution in [1.29, 1.82) is 0 Å². The fraction of sp³-hybridized carbons (Fsp3) is 0.348. The molecule has 2 heterocycles. The van der Waals surface area contributed by atoms with E-state index in [0.29, 0.717) is 49.2 Å². The molecule has 1 saturated heterocycles. The molecule has 0 spiro atoms. The van der Waals surface area contributed by atoms with Crippen molar-refractivity contribution in [1.82, 2.24) is 14.5 Å². The highest BCUT2D eigenvalue weighted by Crippen LogP contribution is 2.32. The fourth-order valence-electron chi connectivity index (χ4n) is 4.07. The SMILES string of the molecule is CC[C@H](C(=O)N1CCN(c2cccc(C(F)(F)F)c2)CC1)n1cnc2ccccc2c1=O. The lowest BCUT2D eigenvalue weighted by molar-refractivity contribution is -0.137. The molecule has 168 valence electrons. The van der Waals surface area contributed by atoms with Gasteiger partial charge in [0.05, 0.1) is 22.8 Å². The van der Waals surface area contributed by atoms with Crippen LogP contribution in [0.4, 0.5) is 18.9 Å². The van der Waals surface area contributed by atoms with E-state index in [1.165, 1.54) is 17.0 Å². The molecule has 9 heteroatoms. The number of rotatable bonds is 4. The van der Waals surface area contributed by atoms with Crippen LogP contribution in [0.2, 0.25) is 0 Å². The summed E-state index contributed by atoms with van der Waals surface area (Å²) in [5.41, 5.74) is 0.0980. The normalized spacial score (nSPS) is 15.8. The molecule has 1 fully saturated rings. The van der Waals surface area contributed by atoms with Crippen molar-refractivity contribution in [2.45, 2.75) is 25.6 Å². The van der Waals surface area contributed by atoms with Crippen molar-refractivity contribution >= 4 is 22.5 Å². The monoisotopic (exact) mass is 444 g/mol. The number of halogens is 3. The molecule has 1 aliphatic heterocycles. The number of fused-ring (bicyclic) bond motifs is 1. The minimum atomic E-state index is -4.40. The van der Waals surface area contributed by atoms with E-state index in [1.54, 1.807) is 35.2 Å². The molecule has 1 atom stereocenters. The van der Waals surface area contributed by atoms with Gasteiger partial charge in [-0.3, -0.25) is 14.2 Å². The largest absolute Gasteiger partial charge is 0.416 e. The van der Waals surface area contributed by atoms with E-state index in [9.17, 15) is 22.8 Å². The molecule has 6 nitrogen and oxygen atoms in total. The maximum atomic E-state index is 13.2. The molecule has 0 N–H and O–H groups in total. The predicted molar refractivity (Wildman–Crippen MR) is 116 cm³/mol. The second-order valence-corrected chi connectivity index (χ2v) is 7.76. The van der Waals surface area contributed by atoms with Gasteiger partial charge in [0.2, 0.25) is 5.91 Å². The van der Waals surface area contributed by atoms with E-state index in [2.05, 4.69) is 4.98 Å². The summed E-state index contributed by atoms with van der Waals surface area (Å²) in [6, 6.07) is 11.5. The standard InChI is InChI=1S/C23H23F3N4O2/c1-2-20(30-15-27-19-9-4-3-8-18(19)21(30)31)22(32)29-12-10-28(11-13-29)17-7-5-6-16(14-17)23(24,25)26/h3-9,14-15,20H,2,10-13H2,1H3/t20-/m1/s1. The summed E-state index contributed by atoms with van der Waals surface area (Å²) in [6.45, 7) is 3.38. The van der Waals surface area contributed by atoms with Crippen molar-refractivity contribution in [2.75, 3.05) is 31.1 Å². The zero-order valence-corrected chi connectivity index (χ0v) is 17.5. The number of para-hydroxylation sites is 1. The van der Waals surface area contributed by atoms with Gasteiger partial charge in [0.1, 0.15) is 6.04 Å². The molecule has 1 aliphatic rings. The van der Waals surface area contributed by atoms with Gasteiger partial charge in [-0.25, -0.2) is 4.98 Å². The van der Waals surface area contributed by atoms with Crippen molar-refractivity contribution in [2.24, 2.45) is 0 Å². The first-order valence-electron chi connectivity index (χ1n) is 10.5. The lowest BCUT2D eigenvalue weighted by Crippen LogP contribution is -2.51. The molecule has 3 aromatic rings. The number of piperazine rings is 1. The highest BCUT2D eigenvalue weighted by Gasteiger charge is 2.32. The van der Waals surface area contributed by atoms with E-state index in [0.717, 1.165) is 12.1 Å². The number of nitrogens with zero attached hydrogens (tertiary/aromatic N) is 4. The van der Waals surface area contributed by atoms with Crippen LogP contribution in [0.25, 0.3) is 10.9 Å². The van der Waals surface area contributed by atoms with Gasteiger partial charge in [-0.05, 0) is 36.8 Å². The summed E-state index contributed by atoms with van der Waals surface area (Å²) in [5, 5.41) is 0.454. The van der Waals surface area contributed by atoms with Gasteiger partial charge < -0.3 is 9.80 Å². The molecule has 0 radical (unpaired) electrons. The number of anilines is 1. The number of hydrogen-bond donors (Lipinski definition) is 0. The molecule has 1 aromatic heterocycles. The first-order valence-corrected chi connectivity index (χ1v) is 10.5. The molecule has 2 aromatic carbocycles. The Kier molecular flexibility index (Phi) is 5.90. The Morgan fingerprint density at radius 2 is 1.78 bits per heavy atom. The highest BCUT2D eigenvalue weighted by atomic mass is 19.4. The van der Waals surface area contributed by atoms with Crippen molar-refractivity contribution in [3.05, 3.63) is 70.8 Å². The Morgan fingerprint density at radius 3 is 2.47 bits per heavy atom. The Hall–Kier alpha value is -3.36. The van der Waals surface area contributed by atoms with Gasteiger partial charge >= 0.3 is 6.18 Å². The van der Waals surface area contributed by atoms with Gasteiger partial charge in [0, 0.05) is 31.9 Å². The van der Waals surface area contributed by atoms with E-state index in [-0.39, 0.29) is 11.5 Å². The average Bonchev–Trinajstić information content (AvgIpc) is 2.80. The summed E-state index contributed by atoms with van der Waals surface area (Å²) in [6.07, 6.45) is -2.56. The van der Waals surface area contributed by atoms with Gasteiger partial charge in [0.25, 0.3) is 5.56 Å². The summed E-state index contributed by atoms with van der Waals surface area (Å²) in [4.78, 5) is 33.9. The Labute approximate surface area is 182 Å². The van der Waals surface area contributed by atoms with Crippen LogP contribution in [0.5, 0.6) is 0 Å². The van der Waals surface area contributed by atoms with Crippen LogP contribution in [-0.2, 0) is 11.0 Å². The molecule has 0 unspecified atom stereocenters. The summed E-state index contributed by atoms with van der Waals surface area (Å²) >= 11 is 0. The average molecular weight is 444 g/mol. The third-order valence-electron chi connectivity index (χ3n) is 5.83. The minimum absolute atomic E-state index is 0.185. The number of alkyl halides is 3. The smallest absolute Gasteiger partial charge is 0.368 e. The zero-order valence-electron chi connectivity index (χ0n) is 17.5. The summed E-state index contributed by atoms with van der Waals surface area (Å²) in [5.74, 6) is -0.185. The maximum absolute atomic E-state index is 13.2. The van der Waals surface area contributed by atoms with Gasteiger partial charge in [-0.15, -0.1) is 0 Å². The van der Waals surface area contributed by atoms with Crippen LogP contribution in [0, 0.1) is 0 Å². The van der Waals surface area contributed by atoms with Crippen LogP contribution in [0.15, 0.2) is 59.7 Å². The van der Waals surface area contributed by atoms with Gasteiger partial charge in [0.15, 0.2) is 0 Å². The van der Waals surface area contributed by atoms with Crippen LogP contribution in [0.3, 0.4) is 0 Å². The second kappa shape index (κ2) is 8.64. The van der Waals surface area contributed by atoms with Crippen LogP contribution < -0.4 is 10.5 Å². The zero-order chi connectivity index (χ0) is 22.9. The number of benzene rings is 2. The molecule has 32 heavy (non-hydrogen) atoms. The Balaban J connectivity index is 1.49. The molecule has 4 rings (SSSR count). The first kappa shape index (κ1) is 21.9. The topological polar surface area (TPSA) is 58.4 Å². The Morgan fingerprint density at radius 1 is 1.06 bits per heavy atom. The van der Waals surface area contributed by atoms with Crippen molar-refractivity contribution in [3.63, 3.8) is 0 Å². The third kappa shape index (κ3) is 4.19. The molecule has 1 amide bonds. The predicted octanol–water partition coefficient (Wildman–Crippen LogP) is 3.72. The fourth-order valence-corrected chi connectivity index (χ4v) is 4.07. The number of carbonyl (C=O) groups is 1. The number of aromatic nitrogens is 2. The molecular formula is C23H23F3N4O2. The number of carbonyl (C=O) groups excluding carboxylic acids is 1. The lowest BCUT2D eigenvalue weighted by atomic mass is 10.1. The van der Waals surface area contributed by atoms with Crippen molar-refractivity contribution in [3.8, 4) is 0 Å². The first-order chi connectivity index (χ1) is 15.3. The number of hydrogen-bond acceptors (Lipinski definition) is 4. The maximum Gasteiger partial charge on any atom is 0.416 e. The summed E-state index contributed by atoms with van der Waals surface area (Å²) < 4.78 is 40.4. The van der Waals surface area contributed by atoms with Crippen LogP contribution in [0.1, 0.15) is 24.9 Å². The quantitative estimate of drug-likeness (QED) is 0.616. The second-order valence-electron chi connectivity index (χ2n) is 7.76. The summed E-state index contributed by atoms with van der Waals surface area (Å²) in [7, 11) is 0. The van der Waals surface area contributed by atoms with E-state index in [4.69, 9.17) is 0 Å². The molecule has 0 saturated carbocycles. The van der Waals surface area contributed by atoms with E-state index < -0.39 is 17.8 Å². The molecule has 0 bridgehead atoms. The number of amides is 1. The van der Waals surface area contributed by atoms with Gasteiger partial charge in [-0.2, -0.15) is 13.2 Å². The minimum Gasteiger partial charge on any atom is -0.368 e. The van der Waals surface area contributed by atoms with E-state index in [1.807, 2.05) is 11.8 Å². The highest BCUT2D eigenvalue weighted by molar-refractivity contribution is 5.82. The van der Waals surface area contributed by atoms with Crippen molar-refractivity contribution < 1.29 is 18.0 Å². The molecule has 0 aliphatic carbocycles. The third-order valence-corrected chi connectivity index (χ3v) is 5.83.